The zero-order chi connectivity index (χ0) is 19.2. The van der Waals surface area contributed by atoms with Crippen LogP contribution >= 0.6 is 0 Å². The van der Waals surface area contributed by atoms with Gasteiger partial charge in [0.1, 0.15) is 12.6 Å². The van der Waals surface area contributed by atoms with Crippen molar-refractivity contribution in [1.82, 2.24) is 9.80 Å². The minimum absolute atomic E-state index is 0.0500. The normalized spacial score (nSPS) is 22.3. The SMILES string of the molecule is CCCCC[C@H]1COCC2=CN(C(=O)OCc3ccccc3)[C@@H](C)C(=O)N21. The van der Waals surface area contributed by atoms with E-state index in [0.717, 1.165) is 36.9 Å². The van der Waals surface area contributed by atoms with Crippen LogP contribution in [0.3, 0.4) is 0 Å². The van der Waals surface area contributed by atoms with Gasteiger partial charge in [-0.2, -0.15) is 0 Å². The number of unbranched alkanes of at least 4 members (excludes halogenated alkanes) is 2. The molecule has 3 rings (SSSR count). The molecule has 2 heterocycles. The van der Waals surface area contributed by atoms with Crippen LogP contribution in [-0.4, -0.2) is 47.1 Å². The summed E-state index contributed by atoms with van der Waals surface area (Å²) < 4.78 is 11.1. The summed E-state index contributed by atoms with van der Waals surface area (Å²) in [7, 11) is 0. The molecule has 6 heteroatoms. The lowest BCUT2D eigenvalue weighted by molar-refractivity contribution is -0.142. The molecule has 0 radical (unpaired) electrons. The van der Waals surface area contributed by atoms with Crippen LogP contribution in [0, 0.1) is 0 Å². The maximum atomic E-state index is 13.0. The molecule has 0 bridgehead atoms. The van der Waals surface area contributed by atoms with Gasteiger partial charge < -0.3 is 14.4 Å². The van der Waals surface area contributed by atoms with Crippen LogP contribution in [-0.2, 0) is 20.9 Å². The van der Waals surface area contributed by atoms with Crippen LogP contribution in [0.25, 0.3) is 0 Å². The van der Waals surface area contributed by atoms with Crippen molar-refractivity contribution in [2.24, 2.45) is 0 Å². The van der Waals surface area contributed by atoms with E-state index in [0.29, 0.717) is 13.2 Å². The highest BCUT2D eigenvalue weighted by atomic mass is 16.6. The van der Waals surface area contributed by atoms with Crippen molar-refractivity contribution in [3.05, 3.63) is 47.8 Å². The van der Waals surface area contributed by atoms with Crippen LogP contribution in [0.1, 0.15) is 45.1 Å². The van der Waals surface area contributed by atoms with Crippen molar-refractivity contribution < 1.29 is 19.1 Å². The maximum absolute atomic E-state index is 13.0. The van der Waals surface area contributed by atoms with Crippen LogP contribution in [0.4, 0.5) is 4.79 Å². The first kappa shape index (κ1) is 19.4. The van der Waals surface area contributed by atoms with Crippen molar-refractivity contribution in [1.29, 1.82) is 0 Å². The van der Waals surface area contributed by atoms with Gasteiger partial charge in [0.15, 0.2) is 0 Å². The summed E-state index contributed by atoms with van der Waals surface area (Å²) >= 11 is 0. The van der Waals surface area contributed by atoms with E-state index in [1.165, 1.54) is 4.90 Å². The van der Waals surface area contributed by atoms with E-state index in [1.54, 1.807) is 13.1 Å². The van der Waals surface area contributed by atoms with Gasteiger partial charge in [-0.3, -0.25) is 9.69 Å². The Bertz CT molecular complexity index is 689. The molecular weight excluding hydrogens is 344 g/mol. The molecule has 1 saturated heterocycles. The predicted molar refractivity (Wildman–Crippen MR) is 102 cm³/mol. The number of hydrogen-bond donors (Lipinski definition) is 0. The third kappa shape index (κ3) is 4.50. The van der Waals surface area contributed by atoms with Crippen LogP contribution in [0.2, 0.25) is 0 Å². The first-order valence-corrected chi connectivity index (χ1v) is 9.72. The van der Waals surface area contributed by atoms with Gasteiger partial charge in [-0.15, -0.1) is 0 Å². The highest BCUT2D eigenvalue weighted by Gasteiger charge is 2.41. The summed E-state index contributed by atoms with van der Waals surface area (Å²) in [5, 5.41) is 0. The Morgan fingerprint density at radius 2 is 2.04 bits per heavy atom. The average molecular weight is 372 g/mol. The molecule has 2 aliphatic rings. The molecular formula is C21H28N2O4. The number of benzene rings is 1. The second-order valence-corrected chi connectivity index (χ2v) is 7.12. The summed E-state index contributed by atoms with van der Waals surface area (Å²) in [6.45, 7) is 4.98. The second-order valence-electron chi connectivity index (χ2n) is 7.12. The largest absolute Gasteiger partial charge is 0.444 e. The second kappa shape index (κ2) is 9.04. The fourth-order valence-electron chi connectivity index (χ4n) is 3.54. The zero-order valence-electron chi connectivity index (χ0n) is 16.1. The van der Waals surface area contributed by atoms with Gasteiger partial charge in [0.25, 0.3) is 0 Å². The first-order valence-electron chi connectivity index (χ1n) is 9.72. The number of nitrogens with zero attached hydrogens (tertiary/aromatic N) is 2. The molecule has 1 aromatic carbocycles. The van der Waals surface area contributed by atoms with Crippen molar-refractivity contribution in [3.63, 3.8) is 0 Å². The number of carbonyl (C=O) groups excluding carboxylic acids is 2. The molecule has 0 aliphatic carbocycles. The number of amides is 2. The molecule has 0 spiro atoms. The van der Waals surface area contributed by atoms with Crippen molar-refractivity contribution >= 4 is 12.0 Å². The topological polar surface area (TPSA) is 59.1 Å². The Morgan fingerprint density at radius 1 is 1.26 bits per heavy atom. The molecule has 0 unspecified atom stereocenters. The van der Waals surface area contributed by atoms with Crippen LogP contribution in [0.15, 0.2) is 42.2 Å². The van der Waals surface area contributed by atoms with E-state index in [4.69, 9.17) is 9.47 Å². The standard InChI is InChI=1S/C21H28N2O4/c1-3-4-6-11-18-14-26-15-19-12-22(16(2)20(24)23(18)19)21(25)27-13-17-9-7-5-8-10-17/h5,7-10,12,16,18H,3-4,6,11,13-15H2,1-2H3/t16-,18-/m0/s1. The van der Waals surface area contributed by atoms with Crippen molar-refractivity contribution in [2.75, 3.05) is 13.2 Å². The summed E-state index contributed by atoms with van der Waals surface area (Å²) in [6.07, 6.45) is 5.47. The Hall–Kier alpha value is -2.34. The Morgan fingerprint density at radius 3 is 2.78 bits per heavy atom. The number of morpholine rings is 1. The van der Waals surface area contributed by atoms with E-state index >= 15 is 0 Å². The van der Waals surface area contributed by atoms with Gasteiger partial charge in [-0.05, 0) is 18.9 Å². The number of carbonyl (C=O) groups is 2. The number of rotatable bonds is 6. The molecule has 27 heavy (non-hydrogen) atoms. The molecule has 0 aromatic heterocycles. The molecule has 0 N–H and O–H groups in total. The molecule has 2 aliphatic heterocycles. The Balaban J connectivity index is 1.68. The molecule has 6 nitrogen and oxygen atoms in total. The molecule has 146 valence electrons. The predicted octanol–water partition coefficient (Wildman–Crippen LogP) is 3.68. The lowest BCUT2D eigenvalue weighted by atomic mass is 10.0. The minimum atomic E-state index is -0.580. The van der Waals surface area contributed by atoms with Gasteiger partial charge in [-0.25, -0.2) is 4.79 Å². The fourth-order valence-corrected chi connectivity index (χ4v) is 3.54. The highest BCUT2D eigenvalue weighted by molar-refractivity contribution is 5.89. The first-order chi connectivity index (χ1) is 13.1. The van der Waals surface area contributed by atoms with E-state index < -0.39 is 12.1 Å². The minimum Gasteiger partial charge on any atom is -0.444 e. The fraction of sp³-hybridized carbons (Fsp3) is 0.524. The van der Waals surface area contributed by atoms with Gasteiger partial charge in [0.2, 0.25) is 5.91 Å². The van der Waals surface area contributed by atoms with Crippen molar-refractivity contribution in [2.45, 2.75) is 58.2 Å². The van der Waals surface area contributed by atoms with Crippen molar-refractivity contribution in [3.8, 4) is 0 Å². The van der Waals surface area contributed by atoms with Gasteiger partial charge in [0, 0.05) is 6.20 Å². The molecule has 0 saturated carbocycles. The summed E-state index contributed by atoms with van der Waals surface area (Å²) in [4.78, 5) is 28.7. The summed E-state index contributed by atoms with van der Waals surface area (Å²) in [5.74, 6) is -0.0611. The average Bonchev–Trinajstić information content (AvgIpc) is 2.69. The Labute approximate surface area is 160 Å². The van der Waals surface area contributed by atoms with E-state index in [2.05, 4.69) is 6.92 Å². The van der Waals surface area contributed by atoms with Gasteiger partial charge >= 0.3 is 6.09 Å². The highest BCUT2D eigenvalue weighted by Crippen LogP contribution is 2.28. The lowest BCUT2D eigenvalue weighted by Gasteiger charge is -2.44. The van der Waals surface area contributed by atoms with Crippen LogP contribution in [0.5, 0.6) is 0 Å². The number of fused-ring (bicyclic) bond motifs is 1. The lowest BCUT2D eigenvalue weighted by Crippen LogP contribution is -2.58. The number of hydrogen-bond acceptors (Lipinski definition) is 4. The molecule has 2 amide bonds. The third-order valence-electron chi connectivity index (χ3n) is 5.09. The number of ether oxygens (including phenoxy) is 2. The van der Waals surface area contributed by atoms with Gasteiger partial charge in [-0.1, -0.05) is 56.5 Å². The molecule has 2 atom stereocenters. The van der Waals surface area contributed by atoms with E-state index in [-0.39, 0.29) is 18.6 Å². The summed E-state index contributed by atoms with van der Waals surface area (Å²) in [5.41, 5.74) is 1.65. The monoisotopic (exact) mass is 372 g/mol. The summed E-state index contributed by atoms with van der Waals surface area (Å²) in [6, 6.07) is 8.97. The van der Waals surface area contributed by atoms with E-state index in [9.17, 15) is 9.59 Å². The smallest absolute Gasteiger partial charge is 0.414 e. The van der Waals surface area contributed by atoms with Crippen LogP contribution < -0.4 is 0 Å². The Kier molecular flexibility index (Phi) is 6.50. The molecule has 1 fully saturated rings. The third-order valence-corrected chi connectivity index (χ3v) is 5.09. The van der Waals surface area contributed by atoms with E-state index in [1.807, 2.05) is 35.2 Å². The molecule has 1 aromatic rings. The van der Waals surface area contributed by atoms with Gasteiger partial charge in [0.05, 0.1) is 25.0 Å². The quantitative estimate of drug-likeness (QED) is 0.715. The zero-order valence-corrected chi connectivity index (χ0v) is 16.1. The maximum Gasteiger partial charge on any atom is 0.414 e.